The molecule has 1 aliphatic carbocycles. The summed E-state index contributed by atoms with van der Waals surface area (Å²) in [5, 5.41) is 8.19. The Bertz CT molecular complexity index is 931. The molecule has 1 aromatic carbocycles. The minimum atomic E-state index is -0.543. The lowest BCUT2D eigenvalue weighted by Crippen LogP contribution is -2.38. The Kier molecular flexibility index (Phi) is 6.54. The number of nitrogens with one attached hydrogen (secondary N) is 3. The number of carbonyl (C=O) groups is 2. The molecule has 0 atom stereocenters. The standard InChI is InChI=1S/C21H26N4O4/c1-14-7-12-18(24-21(28)23-16-8-10-17(29-2)11-9-16)20(27)25(14)13-19(26)22-15-5-3-4-6-15/h7-12,15H,3-6,13H2,1-2H3,(H,22,26)(H2,23,24,28). The molecule has 29 heavy (non-hydrogen) atoms. The molecule has 1 saturated carbocycles. The third-order valence-electron chi connectivity index (χ3n) is 5.01. The van der Waals surface area contributed by atoms with E-state index in [0.29, 0.717) is 17.1 Å². The molecule has 0 saturated heterocycles. The number of hydrogen-bond acceptors (Lipinski definition) is 4. The summed E-state index contributed by atoms with van der Waals surface area (Å²) in [4.78, 5) is 37.3. The number of carbonyl (C=O) groups excluding carboxylic acids is 2. The van der Waals surface area contributed by atoms with Crippen molar-refractivity contribution in [2.45, 2.75) is 45.2 Å². The zero-order valence-electron chi connectivity index (χ0n) is 16.7. The Morgan fingerprint density at radius 1 is 1.07 bits per heavy atom. The van der Waals surface area contributed by atoms with Crippen molar-refractivity contribution in [3.8, 4) is 5.75 Å². The predicted molar refractivity (Wildman–Crippen MR) is 111 cm³/mol. The number of aromatic nitrogens is 1. The van der Waals surface area contributed by atoms with Gasteiger partial charge >= 0.3 is 6.03 Å². The maximum absolute atomic E-state index is 12.8. The van der Waals surface area contributed by atoms with Gasteiger partial charge in [-0.1, -0.05) is 12.8 Å². The van der Waals surface area contributed by atoms with E-state index in [1.165, 1.54) is 10.6 Å². The molecule has 1 aromatic heterocycles. The molecule has 3 amide bonds. The van der Waals surface area contributed by atoms with Crippen molar-refractivity contribution in [1.29, 1.82) is 0 Å². The average molecular weight is 398 g/mol. The van der Waals surface area contributed by atoms with Crippen LogP contribution in [0.15, 0.2) is 41.2 Å². The monoisotopic (exact) mass is 398 g/mol. The lowest BCUT2D eigenvalue weighted by Gasteiger charge is -2.15. The van der Waals surface area contributed by atoms with Gasteiger partial charge in [0.15, 0.2) is 0 Å². The Morgan fingerprint density at radius 3 is 2.41 bits per heavy atom. The van der Waals surface area contributed by atoms with Crippen molar-refractivity contribution in [2.75, 3.05) is 17.7 Å². The van der Waals surface area contributed by atoms with Gasteiger partial charge in [0.2, 0.25) is 5.91 Å². The van der Waals surface area contributed by atoms with E-state index in [-0.39, 0.29) is 24.2 Å². The van der Waals surface area contributed by atoms with E-state index in [4.69, 9.17) is 4.74 Å². The van der Waals surface area contributed by atoms with Crippen molar-refractivity contribution >= 4 is 23.3 Å². The molecule has 1 fully saturated rings. The SMILES string of the molecule is COc1ccc(NC(=O)Nc2ccc(C)n(CC(=O)NC3CCCC3)c2=O)cc1. The molecular formula is C21H26N4O4. The molecule has 8 heteroatoms. The summed E-state index contributed by atoms with van der Waals surface area (Å²) < 4.78 is 6.45. The van der Waals surface area contributed by atoms with E-state index in [1.807, 2.05) is 0 Å². The second kappa shape index (κ2) is 9.27. The van der Waals surface area contributed by atoms with E-state index in [2.05, 4.69) is 16.0 Å². The van der Waals surface area contributed by atoms with Crippen molar-refractivity contribution in [3.05, 3.63) is 52.4 Å². The van der Waals surface area contributed by atoms with Crippen LogP contribution < -0.4 is 26.2 Å². The molecular weight excluding hydrogens is 372 g/mol. The second-order valence-corrected chi connectivity index (χ2v) is 7.14. The summed E-state index contributed by atoms with van der Waals surface area (Å²) in [7, 11) is 1.56. The Morgan fingerprint density at radius 2 is 1.76 bits per heavy atom. The maximum atomic E-state index is 12.8. The summed E-state index contributed by atoms with van der Waals surface area (Å²) in [5.41, 5.74) is 0.899. The molecule has 2 aromatic rings. The summed E-state index contributed by atoms with van der Waals surface area (Å²) in [6, 6.07) is 9.71. The number of nitrogens with zero attached hydrogens (tertiary/aromatic N) is 1. The number of anilines is 2. The number of urea groups is 1. The van der Waals surface area contributed by atoms with Gasteiger partial charge in [-0.05, 0) is 56.2 Å². The van der Waals surface area contributed by atoms with Gasteiger partial charge in [-0.15, -0.1) is 0 Å². The first-order valence-corrected chi connectivity index (χ1v) is 9.68. The number of amides is 3. The number of benzene rings is 1. The van der Waals surface area contributed by atoms with Crippen LogP contribution in [0.5, 0.6) is 5.75 Å². The number of aryl methyl sites for hydroxylation is 1. The number of methoxy groups -OCH3 is 1. The van der Waals surface area contributed by atoms with Crippen LogP contribution in [0.1, 0.15) is 31.4 Å². The summed E-state index contributed by atoms with van der Waals surface area (Å²) in [6.45, 7) is 1.68. The van der Waals surface area contributed by atoms with E-state index in [9.17, 15) is 14.4 Å². The third kappa shape index (κ3) is 5.37. The minimum absolute atomic E-state index is 0.0726. The van der Waals surface area contributed by atoms with Gasteiger partial charge in [0.25, 0.3) is 5.56 Å². The quantitative estimate of drug-likeness (QED) is 0.696. The van der Waals surface area contributed by atoms with Gasteiger partial charge < -0.3 is 25.3 Å². The molecule has 0 bridgehead atoms. The second-order valence-electron chi connectivity index (χ2n) is 7.14. The van der Waals surface area contributed by atoms with Gasteiger partial charge in [-0.2, -0.15) is 0 Å². The first-order chi connectivity index (χ1) is 14.0. The van der Waals surface area contributed by atoms with Crippen molar-refractivity contribution in [1.82, 2.24) is 9.88 Å². The van der Waals surface area contributed by atoms with Gasteiger partial charge in [0.1, 0.15) is 18.0 Å². The van der Waals surface area contributed by atoms with Gasteiger partial charge in [0.05, 0.1) is 7.11 Å². The minimum Gasteiger partial charge on any atom is -0.497 e. The van der Waals surface area contributed by atoms with Crippen LogP contribution >= 0.6 is 0 Å². The number of rotatable bonds is 6. The highest BCUT2D eigenvalue weighted by atomic mass is 16.5. The van der Waals surface area contributed by atoms with E-state index >= 15 is 0 Å². The van der Waals surface area contributed by atoms with E-state index < -0.39 is 11.6 Å². The predicted octanol–water partition coefficient (Wildman–Crippen LogP) is 2.87. The van der Waals surface area contributed by atoms with E-state index in [0.717, 1.165) is 25.7 Å². The highest BCUT2D eigenvalue weighted by Gasteiger charge is 2.18. The highest BCUT2D eigenvalue weighted by molar-refractivity contribution is 5.99. The summed E-state index contributed by atoms with van der Waals surface area (Å²) >= 11 is 0. The Balaban J connectivity index is 1.66. The van der Waals surface area contributed by atoms with E-state index in [1.54, 1.807) is 44.4 Å². The highest BCUT2D eigenvalue weighted by Crippen LogP contribution is 2.18. The zero-order chi connectivity index (χ0) is 20.8. The fraction of sp³-hybridized carbons (Fsp3) is 0.381. The summed E-state index contributed by atoms with van der Waals surface area (Å²) in [5.74, 6) is 0.482. The number of hydrogen-bond donors (Lipinski definition) is 3. The maximum Gasteiger partial charge on any atom is 0.323 e. The molecule has 3 rings (SSSR count). The van der Waals surface area contributed by atoms with Crippen LogP contribution in [-0.2, 0) is 11.3 Å². The van der Waals surface area contributed by atoms with Crippen LogP contribution in [0.4, 0.5) is 16.2 Å². The molecule has 1 aliphatic rings. The molecule has 154 valence electrons. The van der Waals surface area contributed by atoms with Gasteiger partial charge in [0, 0.05) is 17.4 Å². The lowest BCUT2D eigenvalue weighted by atomic mass is 10.2. The van der Waals surface area contributed by atoms with Crippen LogP contribution in [0, 0.1) is 6.92 Å². The lowest BCUT2D eigenvalue weighted by molar-refractivity contribution is -0.122. The fourth-order valence-electron chi connectivity index (χ4n) is 3.41. The van der Waals surface area contributed by atoms with Crippen LogP contribution in [0.3, 0.4) is 0 Å². The third-order valence-corrected chi connectivity index (χ3v) is 5.01. The van der Waals surface area contributed by atoms with Crippen molar-refractivity contribution < 1.29 is 14.3 Å². The smallest absolute Gasteiger partial charge is 0.323 e. The van der Waals surface area contributed by atoms with Crippen molar-refractivity contribution in [2.24, 2.45) is 0 Å². The Labute approximate surface area is 169 Å². The molecule has 0 aliphatic heterocycles. The molecule has 1 heterocycles. The van der Waals surface area contributed by atoms with Gasteiger partial charge in [-0.25, -0.2) is 4.79 Å². The topological polar surface area (TPSA) is 101 Å². The van der Waals surface area contributed by atoms with Gasteiger partial charge in [-0.3, -0.25) is 9.59 Å². The first kappa shape index (κ1) is 20.4. The molecule has 8 nitrogen and oxygen atoms in total. The molecule has 0 radical (unpaired) electrons. The average Bonchev–Trinajstić information content (AvgIpc) is 3.21. The largest absolute Gasteiger partial charge is 0.497 e. The Hall–Kier alpha value is -3.29. The van der Waals surface area contributed by atoms with Crippen LogP contribution in [0.25, 0.3) is 0 Å². The molecule has 3 N–H and O–H groups in total. The van der Waals surface area contributed by atoms with Crippen LogP contribution in [0.2, 0.25) is 0 Å². The number of ether oxygens (including phenoxy) is 1. The van der Waals surface area contributed by atoms with Crippen molar-refractivity contribution in [3.63, 3.8) is 0 Å². The summed E-state index contributed by atoms with van der Waals surface area (Å²) in [6.07, 6.45) is 4.19. The fourth-order valence-corrected chi connectivity index (χ4v) is 3.41. The van der Waals surface area contributed by atoms with Crippen LogP contribution in [-0.4, -0.2) is 29.7 Å². The molecule has 0 spiro atoms. The number of pyridine rings is 1. The normalized spacial score (nSPS) is 13.7. The zero-order valence-corrected chi connectivity index (χ0v) is 16.7. The first-order valence-electron chi connectivity index (χ1n) is 9.68. The molecule has 0 unspecified atom stereocenters.